The molecule has 5 rings (SSSR count). The molecule has 0 bridgehead atoms. The molecule has 38 heavy (non-hydrogen) atoms. The highest BCUT2D eigenvalue weighted by molar-refractivity contribution is 7.93. The number of hydrogen-bond donors (Lipinski definition) is 1. The van der Waals surface area contributed by atoms with Crippen molar-refractivity contribution in [3.05, 3.63) is 101 Å². The normalized spacial score (nSPS) is 14.6. The number of nitrogens with zero attached hydrogens (tertiary/aromatic N) is 3. The van der Waals surface area contributed by atoms with Gasteiger partial charge in [0.1, 0.15) is 16.5 Å². The topological polar surface area (TPSA) is 82.6 Å². The molecule has 1 aliphatic rings. The molecular formula is C27H23ClF2N4O3S. The first-order chi connectivity index (χ1) is 18.2. The van der Waals surface area contributed by atoms with Crippen LogP contribution in [0.3, 0.4) is 0 Å². The third kappa shape index (κ3) is 5.47. The number of rotatable bonds is 6. The van der Waals surface area contributed by atoms with Crippen LogP contribution in [0.2, 0.25) is 5.02 Å². The summed E-state index contributed by atoms with van der Waals surface area (Å²) in [6, 6.07) is 16.4. The van der Waals surface area contributed by atoms with Gasteiger partial charge < -0.3 is 4.90 Å². The summed E-state index contributed by atoms with van der Waals surface area (Å²) in [5.74, 6) is -1.68. The number of sulfonamides is 1. The molecule has 0 saturated carbocycles. The van der Waals surface area contributed by atoms with Crippen molar-refractivity contribution in [2.45, 2.75) is 11.4 Å². The summed E-state index contributed by atoms with van der Waals surface area (Å²) in [5.41, 5.74) is 1.00. The molecule has 1 N–H and O–H groups in total. The van der Waals surface area contributed by atoms with Gasteiger partial charge in [0.25, 0.3) is 15.9 Å². The van der Waals surface area contributed by atoms with Crippen LogP contribution in [-0.2, 0) is 16.6 Å². The SMILES string of the molecule is O=C(c1ccc(NS(=O)(=O)c2cccc3cccnc23)c(F)c1)N1CCN(Cc2ccc(F)c(Cl)c2)CC1. The lowest BCUT2D eigenvalue weighted by Crippen LogP contribution is -2.48. The molecule has 7 nitrogen and oxygen atoms in total. The van der Waals surface area contributed by atoms with Gasteiger partial charge in [0.15, 0.2) is 0 Å². The van der Waals surface area contributed by atoms with Crippen molar-refractivity contribution in [2.75, 3.05) is 30.9 Å². The van der Waals surface area contributed by atoms with Gasteiger partial charge in [0.2, 0.25) is 0 Å². The van der Waals surface area contributed by atoms with Crippen LogP contribution in [0.5, 0.6) is 0 Å². The number of halogens is 3. The van der Waals surface area contributed by atoms with Gasteiger partial charge in [-0.1, -0.05) is 35.9 Å². The highest BCUT2D eigenvalue weighted by Crippen LogP contribution is 2.25. The maximum absolute atomic E-state index is 14.9. The molecule has 3 aromatic carbocycles. The second-order valence-corrected chi connectivity index (χ2v) is 11.0. The first-order valence-corrected chi connectivity index (χ1v) is 13.7. The maximum Gasteiger partial charge on any atom is 0.264 e. The van der Waals surface area contributed by atoms with Gasteiger partial charge in [-0.15, -0.1) is 0 Å². The van der Waals surface area contributed by atoms with E-state index >= 15 is 0 Å². The number of pyridine rings is 1. The number of para-hydroxylation sites is 1. The third-order valence-electron chi connectivity index (χ3n) is 6.40. The number of fused-ring (bicyclic) bond motifs is 1. The molecule has 1 aliphatic heterocycles. The van der Waals surface area contributed by atoms with Crippen molar-refractivity contribution in [1.82, 2.24) is 14.8 Å². The Morgan fingerprint density at radius 2 is 1.71 bits per heavy atom. The fourth-order valence-corrected chi connectivity index (χ4v) is 5.86. The molecule has 0 radical (unpaired) electrons. The molecule has 1 aromatic heterocycles. The van der Waals surface area contributed by atoms with E-state index in [-0.39, 0.29) is 32.6 Å². The number of benzene rings is 3. The zero-order valence-electron chi connectivity index (χ0n) is 20.1. The first-order valence-electron chi connectivity index (χ1n) is 11.8. The monoisotopic (exact) mass is 556 g/mol. The predicted octanol–water partition coefficient (Wildman–Crippen LogP) is 4.93. The van der Waals surface area contributed by atoms with E-state index in [0.29, 0.717) is 38.1 Å². The Hall–Kier alpha value is -3.60. The first kappa shape index (κ1) is 26.0. The van der Waals surface area contributed by atoms with Gasteiger partial charge in [-0.2, -0.15) is 0 Å². The molecule has 4 aromatic rings. The number of piperazine rings is 1. The molecule has 196 valence electrons. The van der Waals surface area contributed by atoms with Crippen LogP contribution in [0.1, 0.15) is 15.9 Å². The van der Waals surface area contributed by atoms with Crippen LogP contribution in [-0.4, -0.2) is 55.3 Å². The Labute approximate surface area is 223 Å². The average molecular weight is 557 g/mol. The van der Waals surface area contributed by atoms with Crippen LogP contribution in [0.4, 0.5) is 14.5 Å². The summed E-state index contributed by atoms with van der Waals surface area (Å²) in [6.07, 6.45) is 1.49. The number of nitrogens with one attached hydrogen (secondary N) is 1. The summed E-state index contributed by atoms with van der Waals surface area (Å²) in [6.45, 7) is 2.59. The Morgan fingerprint density at radius 1 is 0.947 bits per heavy atom. The zero-order valence-corrected chi connectivity index (χ0v) is 21.6. The summed E-state index contributed by atoms with van der Waals surface area (Å²) in [7, 11) is -4.14. The van der Waals surface area contributed by atoms with E-state index in [0.717, 1.165) is 11.6 Å². The fraction of sp³-hybridized carbons (Fsp3) is 0.185. The molecule has 1 fully saturated rings. The van der Waals surface area contributed by atoms with E-state index < -0.39 is 21.7 Å². The lowest BCUT2D eigenvalue weighted by molar-refractivity contribution is 0.0628. The van der Waals surface area contributed by atoms with Gasteiger partial charge in [-0.05, 0) is 48.0 Å². The zero-order chi connectivity index (χ0) is 26.9. The van der Waals surface area contributed by atoms with Crippen molar-refractivity contribution in [3.63, 3.8) is 0 Å². The maximum atomic E-state index is 14.9. The number of carbonyl (C=O) groups excluding carboxylic acids is 1. The lowest BCUT2D eigenvalue weighted by Gasteiger charge is -2.34. The minimum Gasteiger partial charge on any atom is -0.336 e. The van der Waals surface area contributed by atoms with Crippen molar-refractivity contribution < 1.29 is 22.0 Å². The van der Waals surface area contributed by atoms with Crippen molar-refractivity contribution in [1.29, 1.82) is 0 Å². The summed E-state index contributed by atoms with van der Waals surface area (Å²) < 4.78 is 56.6. The highest BCUT2D eigenvalue weighted by atomic mass is 35.5. The van der Waals surface area contributed by atoms with E-state index in [4.69, 9.17) is 11.6 Å². The Bertz CT molecular complexity index is 1620. The summed E-state index contributed by atoms with van der Waals surface area (Å²) in [5, 5.41) is 0.705. The number of anilines is 1. The molecule has 0 aliphatic carbocycles. The van der Waals surface area contributed by atoms with Crippen LogP contribution in [0.15, 0.2) is 77.8 Å². The second-order valence-electron chi connectivity index (χ2n) is 8.95. The minimum absolute atomic E-state index is 0.0675. The van der Waals surface area contributed by atoms with Crippen molar-refractivity contribution in [3.8, 4) is 0 Å². The lowest BCUT2D eigenvalue weighted by atomic mass is 10.1. The third-order valence-corrected chi connectivity index (χ3v) is 8.08. The largest absolute Gasteiger partial charge is 0.336 e. The molecule has 11 heteroatoms. The van der Waals surface area contributed by atoms with Crippen molar-refractivity contribution >= 4 is 44.1 Å². The second kappa shape index (κ2) is 10.6. The molecule has 0 unspecified atom stereocenters. The quantitative estimate of drug-likeness (QED) is 0.364. The molecule has 2 heterocycles. The van der Waals surface area contributed by atoms with E-state index in [2.05, 4.69) is 14.6 Å². The molecule has 0 spiro atoms. The summed E-state index contributed by atoms with van der Waals surface area (Å²) in [4.78, 5) is 20.8. The molecule has 1 saturated heterocycles. The number of amides is 1. The minimum atomic E-state index is -4.14. The van der Waals surface area contributed by atoms with E-state index in [9.17, 15) is 22.0 Å². The number of carbonyl (C=O) groups is 1. The van der Waals surface area contributed by atoms with Gasteiger partial charge in [-0.25, -0.2) is 17.2 Å². The van der Waals surface area contributed by atoms with E-state index in [1.165, 1.54) is 30.5 Å². The average Bonchev–Trinajstić information content (AvgIpc) is 2.91. The van der Waals surface area contributed by atoms with Gasteiger partial charge in [0, 0.05) is 49.9 Å². The Kier molecular flexibility index (Phi) is 7.29. The predicted molar refractivity (Wildman–Crippen MR) is 142 cm³/mol. The van der Waals surface area contributed by atoms with Crippen LogP contribution in [0, 0.1) is 11.6 Å². The Morgan fingerprint density at radius 3 is 2.45 bits per heavy atom. The van der Waals surface area contributed by atoms with Crippen molar-refractivity contribution in [2.24, 2.45) is 0 Å². The van der Waals surface area contributed by atoms with Gasteiger partial charge in [-0.3, -0.25) is 19.4 Å². The standard InChI is InChI=1S/C27H23ClF2N4O3S/c28-21-15-18(6-8-22(21)29)17-33-11-13-34(14-12-33)27(35)20-7-9-24(23(30)16-20)32-38(36,37)25-5-1-3-19-4-2-10-31-26(19)25/h1-10,15-16,32H,11-14,17H2. The Balaban J connectivity index is 1.24. The van der Waals surface area contributed by atoms with Crippen LogP contribution < -0.4 is 4.72 Å². The highest BCUT2D eigenvalue weighted by Gasteiger charge is 2.24. The molecule has 1 amide bonds. The smallest absolute Gasteiger partial charge is 0.264 e. The summed E-state index contributed by atoms with van der Waals surface area (Å²) >= 11 is 5.86. The van der Waals surface area contributed by atoms with Gasteiger partial charge in [0.05, 0.1) is 16.2 Å². The van der Waals surface area contributed by atoms with Crippen LogP contribution >= 0.6 is 11.6 Å². The number of hydrogen-bond acceptors (Lipinski definition) is 5. The number of aromatic nitrogens is 1. The van der Waals surface area contributed by atoms with Gasteiger partial charge >= 0.3 is 0 Å². The fourth-order valence-electron chi connectivity index (χ4n) is 4.41. The molecular weight excluding hydrogens is 534 g/mol. The van der Waals surface area contributed by atoms with E-state index in [1.54, 1.807) is 41.3 Å². The van der Waals surface area contributed by atoms with Crippen LogP contribution in [0.25, 0.3) is 10.9 Å². The molecule has 0 atom stereocenters. The van der Waals surface area contributed by atoms with E-state index in [1.807, 2.05) is 0 Å².